The summed E-state index contributed by atoms with van der Waals surface area (Å²) in [5.41, 5.74) is 1.50. The standard InChI is InChI=1S/C20H16Cl4O4/c1-2-14(20(25)26)15-6-4-3-5-12(15)11-28-13-9-16(21)19(17(22)10-13)27-8-7-18(23)24/h2-7,9-10H,8,11H2,1H3,(H,25,26)/b14-2+. The van der Waals surface area contributed by atoms with Crippen LogP contribution in [0, 0.1) is 0 Å². The van der Waals surface area contributed by atoms with E-state index in [4.69, 9.17) is 55.9 Å². The Labute approximate surface area is 182 Å². The molecular formula is C20H16Cl4O4. The molecule has 0 unspecified atom stereocenters. The molecule has 28 heavy (non-hydrogen) atoms. The lowest BCUT2D eigenvalue weighted by molar-refractivity contribution is -0.130. The lowest BCUT2D eigenvalue weighted by Crippen LogP contribution is -2.05. The molecular weight excluding hydrogens is 446 g/mol. The summed E-state index contributed by atoms with van der Waals surface area (Å²) in [5, 5.41) is 9.88. The molecule has 0 saturated carbocycles. The predicted molar refractivity (Wildman–Crippen MR) is 114 cm³/mol. The van der Waals surface area contributed by atoms with Gasteiger partial charge < -0.3 is 14.6 Å². The number of allylic oxidation sites excluding steroid dienone is 1. The van der Waals surface area contributed by atoms with Crippen LogP contribution < -0.4 is 9.47 Å². The number of carboxylic acid groups (broad SMARTS) is 1. The predicted octanol–water partition coefficient (Wildman–Crippen LogP) is 6.76. The summed E-state index contributed by atoms with van der Waals surface area (Å²) in [5.74, 6) is -0.307. The van der Waals surface area contributed by atoms with Gasteiger partial charge in [-0.25, -0.2) is 4.79 Å². The van der Waals surface area contributed by atoms with Crippen molar-refractivity contribution in [2.24, 2.45) is 0 Å². The number of rotatable bonds is 8. The second-order valence-corrected chi connectivity index (χ2v) is 7.30. The summed E-state index contributed by atoms with van der Waals surface area (Å²) in [7, 11) is 0. The van der Waals surface area contributed by atoms with Crippen molar-refractivity contribution in [3.63, 3.8) is 0 Å². The third-order valence-electron chi connectivity index (χ3n) is 3.66. The van der Waals surface area contributed by atoms with Crippen molar-refractivity contribution in [2.75, 3.05) is 6.61 Å². The average Bonchev–Trinajstić information content (AvgIpc) is 2.63. The first-order chi connectivity index (χ1) is 13.3. The molecule has 0 aliphatic heterocycles. The van der Waals surface area contributed by atoms with Crippen LogP contribution in [0.1, 0.15) is 18.1 Å². The van der Waals surface area contributed by atoms with Gasteiger partial charge in [0.25, 0.3) is 0 Å². The fourth-order valence-electron chi connectivity index (χ4n) is 2.41. The van der Waals surface area contributed by atoms with Crippen LogP contribution in [-0.4, -0.2) is 17.7 Å². The Bertz CT molecular complexity index is 895. The number of hydrogen-bond acceptors (Lipinski definition) is 3. The van der Waals surface area contributed by atoms with Gasteiger partial charge in [0.05, 0.1) is 15.6 Å². The minimum absolute atomic E-state index is 0.0766. The molecule has 0 aliphatic rings. The van der Waals surface area contributed by atoms with Gasteiger partial charge in [0.2, 0.25) is 0 Å². The highest BCUT2D eigenvalue weighted by Gasteiger charge is 2.15. The van der Waals surface area contributed by atoms with Gasteiger partial charge in [-0.3, -0.25) is 0 Å². The highest BCUT2D eigenvalue weighted by molar-refractivity contribution is 6.55. The fourth-order valence-corrected chi connectivity index (χ4v) is 3.11. The van der Waals surface area contributed by atoms with Crippen LogP contribution in [0.4, 0.5) is 0 Å². The van der Waals surface area contributed by atoms with E-state index in [0.717, 1.165) is 0 Å². The van der Waals surface area contributed by atoms with E-state index in [1.54, 1.807) is 43.3 Å². The first-order valence-electron chi connectivity index (χ1n) is 8.07. The molecule has 0 amide bonds. The van der Waals surface area contributed by atoms with E-state index in [1.165, 1.54) is 6.08 Å². The van der Waals surface area contributed by atoms with Gasteiger partial charge in [-0.15, -0.1) is 0 Å². The number of aliphatic carboxylic acids is 1. The molecule has 0 aromatic heterocycles. The largest absolute Gasteiger partial charge is 0.489 e. The lowest BCUT2D eigenvalue weighted by atomic mass is 10.00. The molecule has 0 atom stereocenters. The Morgan fingerprint density at radius 2 is 1.75 bits per heavy atom. The van der Waals surface area contributed by atoms with Gasteiger partial charge >= 0.3 is 5.97 Å². The van der Waals surface area contributed by atoms with Crippen molar-refractivity contribution in [1.29, 1.82) is 0 Å². The van der Waals surface area contributed by atoms with Crippen LogP contribution in [-0.2, 0) is 11.4 Å². The van der Waals surface area contributed by atoms with Gasteiger partial charge in [0.15, 0.2) is 5.75 Å². The van der Waals surface area contributed by atoms with Gasteiger partial charge in [-0.1, -0.05) is 76.7 Å². The van der Waals surface area contributed by atoms with Crippen molar-refractivity contribution in [3.8, 4) is 11.5 Å². The van der Waals surface area contributed by atoms with E-state index in [0.29, 0.717) is 16.9 Å². The molecule has 2 aromatic carbocycles. The maximum atomic E-state index is 11.4. The Balaban J connectivity index is 2.18. The lowest BCUT2D eigenvalue weighted by Gasteiger charge is -2.14. The zero-order valence-corrected chi connectivity index (χ0v) is 17.7. The summed E-state index contributed by atoms with van der Waals surface area (Å²) in [6, 6.07) is 10.2. The van der Waals surface area contributed by atoms with E-state index in [9.17, 15) is 9.90 Å². The van der Waals surface area contributed by atoms with Crippen LogP contribution in [0.25, 0.3) is 5.57 Å². The molecule has 2 aromatic rings. The summed E-state index contributed by atoms with van der Waals surface area (Å²) in [6.45, 7) is 1.92. The monoisotopic (exact) mass is 460 g/mol. The Morgan fingerprint density at radius 1 is 1.11 bits per heavy atom. The first-order valence-corrected chi connectivity index (χ1v) is 9.58. The zero-order valence-electron chi connectivity index (χ0n) is 14.7. The van der Waals surface area contributed by atoms with Crippen LogP contribution in [0.5, 0.6) is 11.5 Å². The van der Waals surface area contributed by atoms with Crippen LogP contribution in [0.2, 0.25) is 10.0 Å². The maximum Gasteiger partial charge on any atom is 0.335 e. The number of ether oxygens (including phenoxy) is 2. The maximum absolute atomic E-state index is 11.4. The van der Waals surface area contributed by atoms with Crippen molar-refractivity contribution in [3.05, 3.63) is 74.2 Å². The van der Waals surface area contributed by atoms with Crippen molar-refractivity contribution < 1.29 is 19.4 Å². The van der Waals surface area contributed by atoms with Gasteiger partial charge in [0.1, 0.15) is 23.5 Å². The molecule has 2 rings (SSSR count). The molecule has 4 nitrogen and oxygen atoms in total. The topological polar surface area (TPSA) is 55.8 Å². The van der Waals surface area contributed by atoms with Crippen molar-refractivity contribution >= 4 is 57.9 Å². The first kappa shape index (κ1) is 22.4. The molecule has 1 N–H and O–H groups in total. The molecule has 0 saturated heterocycles. The zero-order chi connectivity index (χ0) is 20.7. The number of carbonyl (C=O) groups is 1. The Morgan fingerprint density at radius 3 is 2.32 bits per heavy atom. The highest BCUT2D eigenvalue weighted by atomic mass is 35.5. The molecule has 0 radical (unpaired) electrons. The molecule has 0 bridgehead atoms. The summed E-state index contributed by atoms with van der Waals surface area (Å²) >= 11 is 23.5. The second-order valence-electron chi connectivity index (χ2n) is 5.47. The molecule has 8 heteroatoms. The number of halogens is 4. The molecule has 0 spiro atoms. The van der Waals surface area contributed by atoms with Crippen LogP contribution in [0.15, 0.2) is 53.0 Å². The van der Waals surface area contributed by atoms with E-state index < -0.39 is 5.97 Å². The van der Waals surface area contributed by atoms with Gasteiger partial charge in [0, 0.05) is 12.1 Å². The molecule has 148 valence electrons. The third kappa shape index (κ3) is 6.08. The van der Waals surface area contributed by atoms with Gasteiger partial charge in [-0.2, -0.15) is 0 Å². The SMILES string of the molecule is C/C=C(/C(=O)O)c1ccccc1COc1cc(Cl)c(OCC=C(Cl)Cl)c(Cl)c1. The van der Waals surface area contributed by atoms with E-state index in [2.05, 4.69) is 0 Å². The molecule has 0 heterocycles. The van der Waals surface area contributed by atoms with Crippen LogP contribution >= 0.6 is 46.4 Å². The average molecular weight is 462 g/mol. The highest BCUT2D eigenvalue weighted by Crippen LogP contribution is 2.37. The smallest absolute Gasteiger partial charge is 0.335 e. The summed E-state index contributed by atoms with van der Waals surface area (Å²) < 4.78 is 11.3. The molecule has 0 fully saturated rings. The fraction of sp³-hybridized carbons (Fsp3) is 0.150. The number of benzene rings is 2. The summed E-state index contributed by atoms with van der Waals surface area (Å²) in [4.78, 5) is 11.4. The number of carboxylic acids is 1. The minimum Gasteiger partial charge on any atom is -0.489 e. The van der Waals surface area contributed by atoms with Crippen molar-refractivity contribution in [2.45, 2.75) is 13.5 Å². The third-order valence-corrected chi connectivity index (χ3v) is 4.53. The summed E-state index contributed by atoms with van der Waals surface area (Å²) in [6.07, 6.45) is 3.00. The molecule has 0 aliphatic carbocycles. The Kier molecular flexibility index (Phi) is 8.52. The minimum atomic E-state index is -1.01. The van der Waals surface area contributed by atoms with Crippen LogP contribution in [0.3, 0.4) is 0 Å². The number of hydrogen-bond donors (Lipinski definition) is 1. The quantitative estimate of drug-likeness (QED) is 0.441. The van der Waals surface area contributed by atoms with Gasteiger partial charge in [-0.05, 0) is 24.1 Å². The van der Waals surface area contributed by atoms with Crippen molar-refractivity contribution in [1.82, 2.24) is 0 Å². The van der Waals surface area contributed by atoms with E-state index >= 15 is 0 Å². The second kappa shape index (κ2) is 10.6. The normalized spacial score (nSPS) is 11.1. The van der Waals surface area contributed by atoms with E-state index in [-0.39, 0.29) is 39.1 Å². The Hall–Kier alpha value is -1.85. The van der Waals surface area contributed by atoms with E-state index in [1.807, 2.05) is 6.07 Å².